The predicted octanol–water partition coefficient (Wildman–Crippen LogP) is 1.82. The summed E-state index contributed by atoms with van der Waals surface area (Å²) in [6, 6.07) is 5.92. The number of nitrogens with two attached hydrogens (primary N) is 1. The normalized spacial score (nSPS) is 9.73. The number of nitrogen functional groups attached to an aromatic ring is 1. The third-order valence-electron chi connectivity index (χ3n) is 1.65. The zero-order chi connectivity index (χ0) is 8.27. The number of thiol groups is 1. The van der Waals surface area contributed by atoms with Gasteiger partial charge >= 0.3 is 0 Å². The Morgan fingerprint density at radius 2 is 2.27 bits per heavy atom. The molecule has 0 amide bonds. The molecule has 1 aromatic carbocycles. The van der Waals surface area contributed by atoms with E-state index in [2.05, 4.69) is 25.0 Å². The molecule has 3 N–H and O–H groups in total. The number of hydrogen-bond donors (Lipinski definition) is 3. The average molecular weight is 168 g/mol. The van der Waals surface area contributed by atoms with Crippen LogP contribution >= 0.6 is 12.6 Å². The van der Waals surface area contributed by atoms with Gasteiger partial charge in [0.25, 0.3) is 0 Å². The first-order chi connectivity index (χ1) is 5.29. The third-order valence-corrected chi connectivity index (χ3v) is 2.03. The largest absolute Gasteiger partial charge is 0.323 e. The van der Waals surface area contributed by atoms with Crippen LogP contribution in [0.3, 0.4) is 0 Å². The highest BCUT2D eigenvalue weighted by atomic mass is 32.1. The molecule has 3 heteroatoms. The molecule has 0 unspecified atom stereocenters. The molecule has 1 aromatic rings. The fourth-order valence-electron chi connectivity index (χ4n) is 1.05. The predicted molar refractivity (Wildman–Crippen MR) is 50.9 cm³/mol. The third kappa shape index (κ3) is 1.67. The minimum Gasteiger partial charge on any atom is -0.323 e. The van der Waals surface area contributed by atoms with Crippen LogP contribution in [0.25, 0.3) is 0 Å². The molecule has 0 fully saturated rings. The molecule has 0 saturated heterocycles. The molecular formula is C8H12N2S. The molecular weight excluding hydrogens is 156 g/mol. The van der Waals surface area contributed by atoms with Gasteiger partial charge in [-0.05, 0) is 18.1 Å². The Kier molecular flexibility index (Phi) is 2.79. The molecule has 60 valence electrons. The minimum absolute atomic E-state index is 0.895. The van der Waals surface area contributed by atoms with E-state index in [1.54, 1.807) is 0 Å². The SMILES string of the molecule is CCc1cccc(S)c1NN. The summed E-state index contributed by atoms with van der Waals surface area (Å²) in [7, 11) is 0. The molecule has 0 aliphatic carbocycles. The van der Waals surface area contributed by atoms with Crippen molar-refractivity contribution >= 4 is 18.3 Å². The van der Waals surface area contributed by atoms with Crippen molar-refractivity contribution in [2.24, 2.45) is 5.84 Å². The topological polar surface area (TPSA) is 38.0 Å². The Morgan fingerprint density at radius 3 is 2.73 bits per heavy atom. The minimum atomic E-state index is 0.895. The maximum Gasteiger partial charge on any atom is 0.0650 e. The molecule has 0 heterocycles. The summed E-state index contributed by atoms with van der Waals surface area (Å²) in [4.78, 5) is 0.895. The van der Waals surface area contributed by atoms with Gasteiger partial charge in [0.15, 0.2) is 0 Å². The lowest BCUT2D eigenvalue weighted by Gasteiger charge is -2.08. The Bertz CT molecular complexity index is 248. The fourth-order valence-corrected chi connectivity index (χ4v) is 1.34. The van der Waals surface area contributed by atoms with Crippen LogP contribution in [0.2, 0.25) is 0 Å². The van der Waals surface area contributed by atoms with Gasteiger partial charge in [-0.15, -0.1) is 12.6 Å². The number of hydrazine groups is 1. The molecule has 0 bridgehead atoms. The summed E-state index contributed by atoms with van der Waals surface area (Å²) in [5, 5.41) is 0. The van der Waals surface area contributed by atoms with Crippen molar-refractivity contribution in [3.05, 3.63) is 23.8 Å². The van der Waals surface area contributed by atoms with E-state index in [1.807, 2.05) is 18.2 Å². The van der Waals surface area contributed by atoms with Gasteiger partial charge < -0.3 is 5.43 Å². The van der Waals surface area contributed by atoms with Crippen molar-refractivity contribution in [2.45, 2.75) is 18.2 Å². The van der Waals surface area contributed by atoms with E-state index in [9.17, 15) is 0 Å². The lowest BCUT2D eigenvalue weighted by atomic mass is 10.1. The zero-order valence-electron chi connectivity index (χ0n) is 6.46. The first kappa shape index (κ1) is 8.43. The van der Waals surface area contributed by atoms with E-state index >= 15 is 0 Å². The Labute approximate surface area is 72.2 Å². The Hall–Kier alpha value is -0.670. The fraction of sp³-hybridized carbons (Fsp3) is 0.250. The molecule has 0 radical (unpaired) electrons. The van der Waals surface area contributed by atoms with E-state index in [1.165, 1.54) is 5.56 Å². The Morgan fingerprint density at radius 1 is 1.55 bits per heavy atom. The van der Waals surface area contributed by atoms with Gasteiger partial charge in [0.1, 0.15) is 0 Å². The number of rotatable bonds is 2. The first-order valence-electron chi connectivity index (χ1n) is 3.57. The van der Waals surface area contributed by atoms with Crippen LogP contribution in [-0.2, 0) is 6.42 Å². The molecule has 0 atom stereocenters. The quantitative estimate of drug-likeness (QED) is 0.358. The molecule has 2 nitrogen and oxygen atoms in total. The van der Waals surface area contributed by atoms with Gasteiger partial charge in [0.05, 0.1) is 5.69 Å². The smallest absolute Gasteiger partial charge is 0.0650 e. The van der Waals surface area contributed by atoms with Crippen molar-refractivity contribution in [1.29, 1.82) is 0 Å². The lowest BCUT2D eigenvalue weighted by Crippen LogP contribution is -2.09. The van der Waals surface area contributed by atoms with Crippen molar-refractivity contribution in [3.8, 4) is 0 Å². The van der Waals surface area contributed by atoms with Gasteiger partial charge in [-0.3, -0.25) is 5.84 Å². The maximum absolute atomic E-state index is 5.33. The van der Waals surface area contributed by atoms with Crippen LogP contribution in [0, 0.1) is 0 Å². The number of aryl methyl sites for hydroxylation is 1. The molecule has 1 rings (SSSR count). The second kappa shape index (κ2) is 3.64. The highest BCUT2D eigenvalue weighted by molar-refractivity contribution is 7.80. The number of para-hydroxylation sites is 1. The van der Waals surface area contributed by atoms with Gasteiger partial charge in [-0.25, -0.2) is 0 Å². The summed E-state index contributed by atoms with van der Waals surface area (Å²) in [5.41, 5.74) is 4.76. The number of anilines is 1. The van der Waals surface area contributed by atoms with Crippen molar-refractivity contribution in [1.82, 2.24) is 0 Å². The Balaban J connectivity index is 3.13. The van der Waals surface area contributed by atoms with Gasteiger partial charge in [0, 0.05) is 4.90 Å². The number of hydrogen-bond acceptors (Lipinski definition) is 3. The van der Waals surface area contributed by atoms with E-state index in [0.29, 0.717) is 0 Å². The summed E-state index contributed by atoms with van der Waals surface area (Å²) < 4.78 is 0. The van der Waals surface area contributed by atoms with Crippen LogP contribution in [0.1, 0.15) is 12.5 Å². The van der Waals surface area contributed by atoms with E-state index in [4.69, 9.17) is 5.84 Å². The van der Waals surface area contributed by atoms with Crippen LogP contribution in [0.4, 0.5) is 5.69 Å². The lowest BCUT2D eigenvalue weighted by molar-refractivity contribution is 1.11. The van der Waals surface area contributed by atoms with Gasteiger partial charge in [-0.1, -0.05) is 19.1 Å². The van der Waals surface area contributed by atoms with Crippen LogP contribution in [-0.4, -0.2) is 0 Å². The highest BCUT2D eigenvalue weighted by Crippen LogP contribution is 2.23. The zero-order valence-corrected chi connectivity index (χ0v) is 7.36. The van der Waals surface area contributed by atoms with Crippen LogP contribution < -0.4 is 11.3 Å². The monoisotopic (exact) mass is 168 g/mol. The summed E-state index contributed by atoms with van der Waals surface area (Å²) in [6.45, 7) is 2.09. The van der Waals surface area contributed by atoms with Gasteiger partial charge in [-0.2, -0.15) is 0 Å². The van der Waals surface area contributed by atoms with Crippen molar-refractivity contribution < 1.29 is 0 Å². The van der Waals surface area contributed by atoms with Crippen LogP contribution in [0.5, 0.6) is 0 Å². The number of benzene rings is 1. The first-order valence-corrected chi connectivity index (χ1v) is 4.01. The van der Waals surface area contributed by atoms with Crippen molar-refractivity contribution in [3.63, 3.8) is 0 Å². The molecule has 0 aromatic heterocycles. The summed E-state index contributed by atoms with van der Waals surface area (Å²) in [6.07, 6.45) is 0.966. The molecule has 0 aliphatic heterocycles. The summed E-state index contributed by atoms with van der Waals surface area (Å²) in [5.74, 6) is 5.33. The van der Waals surface area contributed by atoms with E-state index in [0.717, 1.165) is 17.0 Å². The highest BCUT2D eigenvalue weighted by Gasteiger charge is 2.00. The average Bonchev–Trinajstić information content (AvgIpc) is 2.04. The maximum atomic E-state index is 5.33. The molecule has 11 heavy (non-hydrogen) atoms. The van der Waals surface area contributed by atoms with E-state index in [-0.39, 0.29) is 0 Å². The second-order valence-electron chi connectivity index (χ2n) is 2.31. The molecule has 0 spiro atoms. The van der Waals surface area contributed by atoms with E-state index < -0.39 is 0 Å². The number of nitrogens with one attached hydrogen (secondary N) is 1. The molecule has 0 aliphatic rings. The second-order valence-corrected chi connectivity index (χ2v) is 2.79. The van der Waals surface area contributed by atoms with Gasteiger partial charge in [0.2, 0.25) is 0 Å². The molecule has 0 saturated carbocycles. The standard InChI is InChI=1S/C8H12N2S/c1-2-6-4-3-5-7(11)8(6)10-9/h3-5,10-11H,2,9H2,1H3. The van der Waals surface area contributed by atoms with Crippen LogP contribution in [0.15, 0.2) is 23.1 Å². The summed E-state index contributed by atoms with van der Waals surface area (Å²) >= 11 is 4.26. The van der Waals surface area contributed by atoms with Crippen molar-refractivity contribution in [2.75, 3.05) is 5.43 Å².